The van der Waals surface area contributed by atoms with Crippen molar-refractivity contribution in [3.63, 3.8) is 0 Å². The molecule has 1 fully saturated rings. The molecule has 2 aromatic rings. The van der Waals surface area contributed by atoms with Gasteiger partial charge in [-0.2, -0.15) is 0 Å². The second-order valence-corrected chi connectivity index (χ2v) is 10.2. The van der Waals surface area contributed by atoms with Gasteiger partial charge in [-0.1, -0.05) is 69.3 Å². The van der Waals surface area contributed by atoms with Crippen LogP contribution in [0.25, 0.3) is 11.1 Å². The number of fused-ring (bicyclic) bond motifs is 3. The van der Waals surface area contributed by atoms with E-state index in [-0.39, 0.29) is 25.2 Å². The zero-order valence-electron chi connectivity index (χ0n) is 20.2. The Balaban J connectivity index is 1.25. The van der Waals surface area contributed by atoms with Crippen LogP contribution < -0.4 is 10.6 Å². The number of carbonyl (C=O) groups excluding carboxylic acids is 2. The summed E-state index contributed by atoms with van der Waals surface area (Å²) in [4.78, 5) is 36.4. The lowest BCUT2D eigenvalue weighted by molar-refractivity contribution is -0.147. The van der Waals surface area contributed by atoms with Gasteiger partial charge in [0.05, 0.1) is 6.10 Å². The molecule has 0 spiro atoms. The Morgan fingerprint density at radius 1 is 1.03 bits per heavy atom. The number of nitrogens with one attached hydrogen (secondary N) is 2. The first-order valence-electron chi connectivity index (χ1n) is 11.9. The smallest absolute Gasteiger partial charge is 0.407 e. The van der Waals surface area contributed by atoms with E-state index in [1.54, 1.807) is 20.8 Å². The minimum atomic E-state index is -1.09. The van der Waals surface area contributed by atoms with Crippen molar-refractivity contribution in [2.24, 2.45) is 5.41 Å². The molecule has 186 valence electrons. The predicted octanol–water partition coefficient (Wildman–Crippen LogP) is 3.69. The summed E-state index contributed by atoms with van der Waals surface area (Å²) in [6, 6.07) is 15.3. The maximum Gasteiger partial charge on any atom is 0.407 e. The monoisotopic (exact) mass is 480 g/mol. The lowest BCUT2D eigenvalue weighted by Crippen LogP contribution is -2.52. The number of carbonyl (C=O) groups is 3. The van der Waals surface area contributed by atoms with Crippen molar-refractivity contribution in [2.45, 2.75) is 57.8 Å². The van der Waals surface area contributed by atoms with E-state index in [0.29, 0.717) is 12.8 Å². The van der Waals surface area contributed by atoms with Gasteiger partial charge in [0.15, 0.2) is 0 Å². The van der Waals surface area contributed by atoms with Crippen molar-refractivity contribution >= 4 is 18.0 Å². The number of carboxylic acid groups (broad SMARTS) is 1. The quantitative estimate of drug-likeness (QED) is 0.557. The van der Waals surface area contributed by atoms with Crippen LogP contribution in [0, 0.1) is 5.41 Å². The van der Waals surface area contributed by atoms with Crippen molar-refractivity contribution in [1.29, 1.82) is 0 Å². The molecule has 0 bridgehead atoms. The Hall–Kier alpha value is -3.39. The van der Waals surface area contributed by atoms with Crippen LogP contribution in [0.5, 0.6) is 0 Å². The third-order valence-electron chi connectivity index (χ3n) is 6.62. The molecule has 1 saturated heterocycles. The number of hydrogen-bond acceptors (Lipinski definition) is 5. The topological polar surface area (TPSA) is 114 Å². The minimum Gasteiger partial charge on any atom is -0.480 e. The van der Waals surface area contributed by atoms with E-state index >= 15 is 0 Å². The first kappa shape index (κ1) is 24.7. The van der Waals surface area contributed by atoms with Gasteiger partial charge in [0.2, 0.25) is 5.91 Å². The molecule has 3 unspecified atom stereocenters. The van der Waals surface area contributed by atoms with Crippen LogP contribution in [0.2, 0.25) is 0 Å². The summed E-state index contributed by atoms with van der Waals surface area (Å²) in [6.07, 6.45) is -0.589. The molecular weight excluding hydrogens is 448 g/mol. The molecule has 2 aliphatic rings. The van der Waals surface area contributed by atoms with Crippen LogP contribution >= 0.6 is 0 Å². The first-order valence-corrected chi connectivity index (χ1v) is 11.9. The Morgan fingerprint density at radius 2 is 1.63 bits per heavy atom. The number of aliphatic carboxylic acids is 1. The van der Waals surface area contributed by atoms with Crippen molar-refractivity contribution < 1.29 is 29.0 Å². The zero-order valence-corrected chi connectivity index (χ0v) is 20.2. The Kier molecular flexibility index (Phi) is 7.12. The highest BCUT2D eigenvalue weighted by molar-refractivity contribution is 5.87. The van der Waals surface area contributed by atoms with Crippen molar-refractivity contribution in [2.75, 3.05) is 13.2 Å². The largest absolute Gasteiger partial charge is 0.480 e. The summed E-state index contributed by atoms with van der Waals surface area (Å²) in [5, 5.41) is 14.7. The van der Waals surface area contributed by atoms with E-state index in [2.05, 4.69) is 34.9 Å². The second kappa shape index (κ2) is 10.1. The summed E-state index contributed by atoms with van der Waals surface area (Å²) in [5.74, 6) is -1.55. The minimum absolute atomic E-state index is 0.0195. The number of amides is 2. The van der Waals surface area contributed by atoms with Crippen molar-refractivity contribution in [1.82, 2.24) is 10.6 Å². The van der Waals surface area contributed by atoms with E-state index in [0.717, 1.165) is 22.3 Å². The number of hydrogen-bond donors (Lipinski definition) is 3. The molecule has 3 N–H and O–H groups in total. The highest BCUT2D eigenvalue weighted by Gasteiger charge is 2.37. The fourth-order valence-electron chi connectivity index (χ4n) is 4.78. The van der Waals surface area contributed by atoms with Gasteiger partial charge < -0.3 is 25.2 Å². The zero-order chi connectivity index (χ0) is 25.2. The lowest BCUT2D eigenvalue weighted by Gasteiger charge is -2.28. The average molecular weight is 481 g/mol. The Bertz CT molecular complexity index is 1060. The Labute approximate surface area is 205 Å². The summed E-state index contributed by atoms with van der Waals surface area (Å²) in [5.41, 5.74) is 3.98. The fourth-order valence-corrected chi connectivity index (χ4v) is 4.78. The predicted molar refractivity (Wildman–Crippen MR) is 130 cm³/mol. The highest BCUT2D eigenvalue weighted by atomic mass is 16.5. The van der Waals surface area contributed by atoms with Gasteiger partial charge >= 0.3 is 12.1 Å². The van der Waals surface area contributed by atoms with Gasteiger partial charge in [0, 0.05) is 12.5 Å². The van der Waals surface area contributed by atoms with Crippen molar-refractivity contribution in [3.8, 4) is 11.1 Å². The fraction of sp³-hybridized carbons (Fsp3) is 0.444. The molecule has 3 atom stereocenters. The molecule has 2 amide bonds. The normalized spacial score (nSPS) is 20.0. The van der Waals surface area contributed by atoms with Gasteiger partial charge in [0.25, 0.3) is 0 Å². The molecule has 4 rings (SSSR count). The summed E-state index contributed by atoms with van der Waals surface area (Å²) in [6.45, 7) is 5.69. The van der Waals surface area contributed by atoms with Gasteiger partial charge in [0.1, 0.15) is 18.8 Å². The molecule has 35 heavy (non-hydrogen) atoms. The van der Waals surface area contributed by atoms with Gasteiger partial charge in [-0.05, 0) is 40.5 Å². The highest BCUT2D eigenvalue weighted by Crippen LogP contribution is 2.44. The van der Waals surface area contributed by atoms with Crippen LogP contribution in [0.1, 0.15) is 50.7 Å². The van der Waals surface area contributed by atoms with E-state index in [1.807, 2.05) is 24.3 Å². The van der Waals surface area contributed by atoms with E-state index in [4.69, 9.17) is 9.47 Å². The van der Waals surface area contributed by atoms with Gasteiger partial charge in [-0.25, -0.2) is 9.59 Å². The Morgan fingerprint density at radius 3 is 2.20 bits per heavy atom. The number of carboxylic acids is 1. The number of rotatable bonds is 7. The van der Waals surface area contributed by atoms with Gasteiger partial charge in [-0.15, -0.1) is 0 Å². The summed E-state index contributed by atoms with van der Waals surface area (Å²) in [7, 11) is 0. The van der Waals surface area contributed by atoms with E-state index < -0.39 is 35.5 Å². The molecule has 0 radical (unpaired) electrons. The number of ether oxygens (including phenoxy) is 2. The average Bonchev–Trinajstić information content (AvgIpc) is 3.42. The summed E-state index contributed by atoms with van der Waals surface area (Å²) < 4.78 is 11.3. The van der Waals surface area contributed by atoms with Crippen LogP contribution in [0.4, 0.5) is 4.79 Å². The SMILES string of the molecule is CC(C)(C)C(NC(=O)C1CCC(CNC(=O)OCC2c3ccccc3-c3ccccc32)O1)C(=O)O. The lowest BCUT2D eigenvalue weighted by atomic mass is 9.86. The maximum atomic E-state index is 12.5. The third kappa shape index (κ3) is 5.48. The molecule has 8 heteroatoms. The summed E-state index contributed by atoms with van der Waals surface area (Å²) >= 11 is 0. The number of benzene rings is 2. The van der Waals surface area contributed by atoms with Crippen LogP contribution in [-0.2, 0) is 19.1 Å². The molecule has 2 aromatic carbocycles. The maximum absolute atomic E-state index is 12.5. The van der Waals surface area contributed by atoms with E-state index in [1.165, 1.54) is 0 Å². The first-order chi connectivity index (χ1) is 16.6. The van der Waals surface area contributed by atoms with Crippen LogP contribution in [0.3, 0.4) is 0 Å². The molecule has 8 nitrogen and oxygen atoms in total. The second-order valence-electron chi connectivity index (χ2n) is 10.2. The van der Waals surface area contributed by atoms with Crippen LogP contribution in [0.15, 0.2) is 48.5 Å². The third-order valence-corrected chi connectivity index (χ3v) is 6.62. The molecular formula is C27H32N2O6. The molecule has 1 aliphatic carbocycles. The molecule has 1 aliphatic heterocycles. The molecule has 0 aromatic heterocycles. The van der Waals surface area contributed by atoms with Crippen LogP contribution in [-0.4, -0.2) is 54.5 Å². The standard InChI is InChI=1S/C27H32N2O6/c1-27(2,3)23(25(31)32)29-24(30)22-13-12-16(35-22)14-28-26(33)34-15-21-19-10-6-4-8-17(19)18-9-5-7-11-20(18)21/h4-11,16,21-23H,12-15H2,1-3H3,(H,28,33)(H,29,30)(H,31,32). The molecule has 0 saturated carbocycles. The van der Waals surface area contributed by atoms with Gasteiger partial charge in [-0.3, -0.25) is 4.79 Å². The van der Waals surface area contributed by atoms with Crippen molar-refractivity contribution in [3.05, 3.63) is 59.7 Å². The number of alkyl carbamates (subject to hydrolysis) is 1. The van der Waals surface area contributed by atoms with E-state index in [9.17, 15) is 19.5 Å². The molecule has 1 heterocycles.